The number of carbonyl (C=O) groups is 2. The topological polar surface area (TPSA) is 111 Å². The predicted octanol–water partition coefficient (Wildman–Crippen LogP) is 6.46. The second-order valence-corrected chi connectivity index (χ2v) is 10.5. The van der Waals surface area contributed by atoms with Gasteiger partial charge in [-0.2, -0.15) is 0 Å². The minimum absolute atomic E-state index is 0.109. The molecule has 0 heterocycles. The first-order chi connectivity index (χ1) is 18.8. The van der Waals surface area contributed by atoms with Gasteiger partial charge in [0.15, 0.2) is 0 Å². The fourth-order valence-corrected chi connectivity index (χ4v) is 4.78. The second kappa shape index (κ2) is 12.7. The van der Waals surface area contributed by atoms with Crippen molar-refractivity contribution < 1.29 is 27.5 Å². The van der Waals surface area contributed by atoms with Crippen LogP contribution in [0.1, 0.15) is 0 Å². The molecule has 0 aliphatic carbocycles. The molecule has 4 aromatic rings. The van der Waals surface area contributed by atoms with Gasteiger partial charge in [-0.3, -0.25) is 9.59 Å². The lowest BCUT2D eigenvalue weighted by atomic mass is 10.3. The van der Waals surface area contributed by atoms with E-state index in [1.165, 1.54) is 24.3 Å². The Bertz CT molecular complexity index is 1430. The number of hydrogen-bond acceptors (Lipinski definition) is 6. The molecule has 4 aromatic carbocycles. The average Bonchev–Trinajstić information content (AvgIpc) is 2.95. The minimum atomic E-state index is -3.77. The Morgan fingerprint density at radius 1 is 0.538 bits per heavy atom. The van der Waals surface area contributed by atoms with Crippen molar-refractivity contribution in [3.63, 3.8) is 0 Å². The molecule has 0 radical (unpaired) electrons. The maximum Gasteiger partial charge on any atom is 0.239 e. The fraction of sp³-hybridized carbons (Fsp3) is 0.0714. The van der Waals surface area contributed by atoms with E-state index < -0.39 is 9.84 Å². The molecular formula is C28H22Cl2N2O6S. The summed E-state index contributed by atoms with van der Waals surface area (Å²) in [4.78, 5) is 22.9. The molecule has 8 nitrogen and oxygen atoms in total. The Hall–Kier alpha value is -4.05. The molecule has 0 fully saturated rings. The predicted molar refractivity (Wildman–Crippen MR) is 150 cm³/mol. The molecule has 0 saturated carbocycles. The van der Waals surface area contributed by atoms with E-state index in [1.54, 1.807) is 72.8 Å². The lowest BCUT2D eigenvalue weighted by Crippen LogP contribution is -2.12. The van der Waals surface area contributed by atoms with E-state index in [0.29, 0.717) is 34.4 Å². The van der Waals surface area contributed by atoms with E-state index in [4.69, 9.17) is 32.7 Å². The molecule has 2 N–H and O–H groups in total. The van der Waals surface area contributed by atoms with Crippen molar-refractivity contribution >= 4 is 56.2 Å². The number of anilines is 2. The number of amides is 2. The van der Waals surface area contributed by atoms with Crippen LogP contribution in [0.25, 0.3) is 0 Å². The number of nitrogens with one attached hydrogen (secondary N) is 2. The standard InChI is InChI=1S/C28H22Cl2N2O6S/c29-17-27(33)31-19-1-5-21(6-2-19)37-23-9-13-25(14-10-23)39(35,36)26-15-11-24(12-16-26)38-22-7-3-20(4-8-22)32-28(34)18-30/h1-16H,17-18H2,(H,31,33)(H,32,34). The molecule has 0 atom stereocenters. The van der Waals surface area contributed by atoms with Gasteiger partial charge in [0.1, 0.15) is 34.8 Å². The van der Waals surface area contributed by atoms with E-state index in [1.807, 2.05) is 0 Å². The third kappa shape index (κ3) is 7.51. The van der Waals surface area contributed by atoms with Crippen LogP contribution in [0.15, 0.2) is 107 Å². The molecule has 0 aliphatic heterocycles. The van der Waals surface area contributed by atoms with Gasteiger partial charge in [-0.15, -0.1) is 23.2 Å². The summed E-state index contributed by atoms with van der Waals surface area (Å²) in [5, 5.41) is 5.26. The van der Waals surface area contributed by atoms with Crippen molar-refractivity contribution in [2.75, 3.05) is 22.4 Å². The quantitative estimate of drug-likeness (QED) is 0.207. The van der Waals surface area contributed by atoms with Crippen molar-refractivity contribution in [3.8, 4) is 23.0 Å². The maximum absolute atomic E-state index is 13.1. The number of sulfone groups is 1. The van der Waals surface area contributed by atoms with Gasteiger partial charge in [-0.1, -0.05) is 0 Å². The van der Waals surface area contributed by atoms with Crippen LogP contribution >= 0.6 is 23.2 Å². The summed E-state index contributed by atoms with van der Waals surface area (Å²) in [5.74, 6) is 1.01. The number of ether oxygens (including phenoxy) is 2. The van der Waals surface area contributed by atoms with Crippen LogP contribution in [-0.2, 0) is 19.4 Å². The van der Waals surface area contributed by atoms with Gasteiger partial charge in [-0.25, -0.2) is 8.42 Å². The molecule has 11 heteroatoms. The van der Waals surface area contributed by atoms with Crippen LogP contribution < -0.4 is 20.1 Å². The molecule has 0 aromatic heterocycles. The number of carbonyl (C=O) groups excluding carboxylic acids is 2. The molecule has 0 spiro atoms. The molecule has 0 saturated heterocycles. The SMILES string of the molecule is O=C(CCl)Nc1ccc(Oc2ccc(S(=O)(=O)c3ccc(Oc4ccc(NC(=O)CCl)cc4)cc3)cc2)cc1. The Labute approximate surface area is 235 Å². The van der Waals surface area contributed by atoms with Crippen LogP contribution in [0.5, 0.6) is 23.0 Å². The summed E-state index contributed by atoms with van der Waals surface area (Å²) in [6.45, 7) is 0. The monoisotopic (exact) mass is 584 g/mol. The fourth-order valence-electron chi connectivity index (χ4n) is 3.38. The van der Waals surface area contributed by atoms with Gasteiger partial charge >= 0.3 is 0 Å². The Balaban J connectivity index is 1.38. The molecule has 2 amide bonds. The van der Waals surface area contributed by atoms with Crippen molar-refractivity contribution in [2.24, 2.45) is 0 Å². The largest absolute Gasteiger partial charge is 0.457 e. The first-order valence-corrected chi connectivity index (χ1v) is 14.0. The van der Waals surface area contributed by atoms with Crippen molar-refractivity contribution in [1.29, 1.82) is 0 Å². The zero-order chi connectivity index (χ0) is 27.8. The molecule has 0 unspecified atom stereocenters. The zero-order valence-electron chi connectivity index (χ0n) is 20.3. The van der Waals surface area contributed by atoms with Gasteiger partial charge in [0.25, 0.3) is 0 Å². The highest BCUT2D eigenvalue weighted by molar-refractivity contribution is 7.91. The normalized spacial score (nSPS) is 10.9. The van der Waals surface area contributed by atoms with E-state index in [2.05, 4.69) is 10.6 Å². The van der Waals surface area contributed by atoms with Crippen LogP contribution in [-0.4, -0.2) is 32.0 Å². The van der Waals surface area contributed by atoms with Gasteiger partial charge in [0, 0.05) is 11.4 Å². The van der Waals surface area contributed by atoms with Gasteiger partial charge in [-0.05, 0) is 97.1 Å². The summed E-state index contributed by atoms with van der Waals surface area (Å²) in [7, 11) is -3.77. The highest BCUT2D eigenvalue weighted by Gasteiger charge is 2.18. The summed E-state index contributed by atoms with van der Waals surface area (Å²) in [5.41, 5.74) is 1.16. The van der Waals surface area contributed by atoms with Crippen molar-refractivity contribution in [1.82, 2.24) is 0 Å². The molecule has 39 heavy (non-hydrogen) atoms. The van der Waals surface area contributed by atoms with Gasteiger partial charge < -0.3 is 20.1 Å². The summed E-state index contributed by atoms with van der Waals surface area (Å²) < 4.78 is 37.7. The number of halogens is 2. The van der Waals surface area contributed by atoms with Crippen LogP contribution in [0, 0.1) is 0 Å². The third-order valence-corrected chi connectivity index (χ3v) is 7.53. The number of benzene rings is 4. The van der Waals surface area contributed by atoms with E-state index in [9.17, 15) is 18.0 Å². The van der Waals surface area contributed by atoms with E-state index in [-0.39, 0.29) is 33.4 Å². The average molecular weight is 585 g/mol. The number of rotatable bonds is 10. The maximum atomic E-state index is 13.1. The van der Waals surface area contributed by atoms with E-state index >= 15 is 0 Å². The molecule has 0 bridgehead atoms. The molecular weight excluding hydrogens is 563 g/mol. The first-order valence-electron chi connectivity index (χ1n) is 11.5. The second-order valence-electron chi connectivity index (χ2n) is 8.06. The van der Waals surface area contributed by atoms with Gasteiger partial charge in [0.05, 0.1) is 9.79 Å². The van der Waals surface area contributed by atoms with Crippen molar-refractivity contribution in [3.05, 3.63) is 97.1 Å². The first kappa shape index (κ1) is 28.0. The number of hydrogen-bond donors (Lipinski definition) is 2. The lowest BCUT2D eigenvalue weighted by Gasteiger charge is -2.10. The smallest absolute Gasteiger partial charge is 0.239 e. The summed E-state index contributed by atoms with van der Waals surface area (Å²) in [6.07, 6.45) is 0. The number of alkyl halides is 2. The summed E-state index contributed by atoms with van der Waals surface area (Å²) in [6, 6.07) is 25.5. The third-order valence-electron chi connectivity index (χ3n) is 5.26. The summed E-state index contributed by atoms with van der Waals surface area (Å²) >= 11 is 11.0. The molecule has 200 valence electrons. The van der Waals surface area contributed by atoms with Crippen molar-refractivity contribution in [2.45, 2.75) is 9.79 Å². The van der Waals surface area contributed by atoms with E-state index in [0.717, 1.165) is 0 Å². The van der Waals surface area contributed by atoms with Crippen LogP contribution in [0.2, 0.25) is 0 Å². The molecule has 4 rings (SSSR count). The zero-order valence-corrected chi connectivity index (χ0v) is 22.6. The van der Waals surface area contributed by atoms with Gasteiger partial charge in [0.2, 0.25) is 21.7 Å². The highest BCUT2D eigenvalue weighted by Crippen LogP contribution is 2.29. The highest BCUT2D eigenvalue weighted by atomic mass is 35.5. The Morgan fingerprint density at radius 3 is 1.10 bits per heavy atom. The Kier molecular flexibility index (Phi) is 9.08. The lowest BCUT2D eigenvalue weighted by molar-refractivity contribution is -0.114. The van der Waals surface area contributed by atoms with Crippen LogP contribution in [0.3, 0.4) is 0 Å². The van der Waals surface area contributed by atoms with Crippen LogP contribution in [0.4, 0.5) is 11.4 Å². The Morgan fingerprint density at radius 2 is 0.821 bits per heavy atom. The minimum Gasteiger partial charge on any atom is -0.457 e. The molecule has 0 aliphatic rings.